The summed E-state index contributed by atoms with van der Waals surface area (Å²) in [6.45, 7) is 3.89. The van der Waals surface area contributed by atoms with Gasteiger partial charge in [-0.25, -0.2) is 4.98 Å². The molecule has 1 unspecified atom stereocenters. The first-order valence-electron chi connectivity index (χ1n) is 12.1. The molecule has 5 nitrogen and oxygen atoms in total. The van der Waals surface area contributed by atoms with Gasteiger partial charge in [-0.15, -0.1) is 0 Å². The Kier molecular flexibility index (Phi) is 5.45. The molecule has 0 bridgehead atoms. The van der Waals surface area contributed by atoms with Crippen molar-refractivity contribution in [2.75, 3.05) is 18.1 Å². The summed E-state index contributed by atoms with van der Waals surface area (Å²) in [6, 6.07) is 30.7. The number of hydrogen-bond acceptors (Lipinski definition) is 3. The summed E-state index contributed by atoms with van der Waals surface area (Å²) in [5.41, 5.74) is 4.21. The molecule has 4 aromatic carbocycles. The molecule has 0 aliphatic carbocycles. The Hall–Kier alpha value is -4.12. The van der Waals surface area contributed by atoms with Gasteiger partial charge in [0.05, 0.1) is 23.3 Å². The lowest BCUT2D eigenvalue weighted by Gasteiger charge is -2.19. The molecule has 5 aromatic rings. The highest BCUT2D eigenvalue weighted by atomic mass is 16.5. The first-order valence-corrected chi connectivity index (χ1v) is 12.1. The minimum atomic E-state index is 0.0215. The highest BCUT2D eigenvalue weighted by Gasteiger charge is 2.35. The Morgan fingerprint density at radius 3 is 2.57 bits per heavy atom. The normalized spacial score (nSPS) is 15.9. The quantitative estimate of drug-likeness (QED) is 0.307. The van der Waals surface area contributed by atoms with Gasteiger partial charge in [-0.1, -0.05) is 66.2 Å². The molecule has 1 amide bonds. The van der Waals surface area contributed by atoms with Crippen molar-refractivity contribution < 1.29 is 9.53 Å². The highest BCUT2D eigenvalue weighted by molar-refractivity contribution is 6.05. The zero-order valence-electron chi connectivity index (χ0n) is 19.7. The number of rotatable bonds is 6. The number of fused-ring (bicyclic) bond motifs is 2. The standard InChI is InChI=1S/C30H27N3O2/c1-21-13-15-24(16-14-21)35-18-17-32-28-11-5-4-10-26(28)31-30(32)23-19-29(34)33(20-23)27-12-6-8-22-7-2-3-9-25(22)27/h2-16,23H,17-20H2,1H3. The molecule has 0 spiro atoms. The van der Waals surface area contributed by atoms with Crippen LogP contribution in [0.2, 0.25) is 0 Å². The number of anilines is 1. The number of para-hydroxylation sites is 2. The fourth-order valence-electron chi connectivity index (χ4n) is 5.09. The lowest BCUT2D eigenvalue weighted by Crippen LogP contribution is -2.25. The lowest BCUT2D eigenvalue weighted by molar-refractivity contribution is -0.117. The maximum atomic E-state index is 13.2. The molecule has 0 saturated carbocycles. The fourth-order valence-corrected chi connectivity index (χ4v) is 5.09. The molecular weight excluding hydrogens is 434 g/mol. The maximum absolute atomic E-state index is 13.2. The van der Waals surface area contributed by atoms with Gasteiger partial charge >= 0.3 is 0 Å². The largest absolute Gasteiger partial charge is 0.492 e. The van der Waals surface area contributed by atoms with Crippen molar-refractivity contribution in [1.82, 2.24) is 9.55 Å². The number of nitrogens with zero attached hydrogens (tertiary/aromatic N) is 3. The zero-order valence-corrected chi connectivity index (χ0v) is 19.7. The lowest BCUT2D eigenvalue weighted by atomic mass is 10.1. The number of aromatic nitrogens is 2. The topological polar surface area (TPSA) is 47.4 Å². The molecular formula is C30H27N3O2. The van der Waals surface area contributed by atoms with E-state index in [1.54, 1.807) is 0 Å². The summed E-state index contributed by atoms with van der Waals surface area (Å²) in [5, 5.41) is 2.24. The number of carbonyl (C=O) groups excluding carboxylic acids is 1. The number of aryl methyl sites for hydroxylation is 1. The van der Waals surface area contributed by atoms with E-state index in [1.165, 1.54) is 5.56 Å². The number of imidazole rings is 1. The van der Waals surface area contributed by atoms with Crippen molar-refractivity contribution in [2.24, 2.45) is 0 Å². The smallest absolute Gasteiger partial charge is 0.227 e. The Morgan fingerprint density at radius 2 is 1.69 bits per heavy atom. The summed E-state index contributed by atoms with van der Waals surface area (Å²) < 4.78 is 8.26. The first-order chi connectivity index (χ1) is 17.2. The first kappa shape index (κ1) is 21.4. The van der Waals surface area contributed by atoms with Gasteiger partial charge in [0.25, 0.3) is 0 Å². The highest BCUT2D eigenvalue weighted by Crippen LogP contribution is 2.36. The van der Waals surface area contributed by atoms with E-state index >= 15 is 0 Å². The van der Waals surface area contributed by atoms with Crippen molar-refractivity contribution in [3.63, 3.8) is 0 Å². The molecule has 1 aliphatic heterocycles. The van der Waals surface area contributed by atoms with Crippen LogP contribution in [0, 0.1) is 6.92 Å². The van der Waals surface area contributed by atoms with Gasteiger partial charge in [-0.3, -0.25) is 4.79 Å². The Morgan fingerprint density at radius 1 is 0.914 bits per heavy atom. The van der Waals surface area contributed by atoms with E-state index < -0.39 is 0 Å². The maximum Gasteiger partial charge on any atom is 0.227 e. The van der Waals surface area contributed by atoms with Crippen molar-refractivity contribution in [1.29, 1.82) is 0 Å². The Labute approximate surface area is 204 Å². The summed E-state index contributed by atoms with van der Waals surface area (Å²) >= 11 is 0. The van der Waals surface area contributed by atoms with E-state index in [4.69, 9.17) is 9.72 Å². The molecule has 1 fully saturated rings. The predicted molar refractivity (Wildman–Crippen MR) is 140 cm³/mol. The predicted octanol–water partition coefficient (Wildman–Crippen LogP) is 6.10. The molecule has 6 rings (SSSR count). The minimum absolute atomic E-state index is 0.0215. The second kappa shape index (κ2) is 8.91. The molecule has 0 radical (unpaired) electrons. The average Bonchev–Trinajstić information content (AvgIpc) is 3.45. The van der Waals surface area contributed by atoms with E-state index in [2.05, 4.69) is 47.9 Å². The van der Waals surface area contributed by atoms with Crippen LogP contribution in [0.3, 0.4) is 0 Å². The third-order valence-corrected chi connectivity index (χ3v) is 6.84. The summed E-state index contributed by atoms with van der Waals surface area (Å²) in [7, 11) is 0. The van der Waals surface area contributed by atoms with Gasteiger partial charge in [0, 0.05) is 24.3 Å². The van der Waals surface area contributed by atoms with Crippen LogP contribution in [0.15, 0.2) is 91.0 Å². The second-order valence-corrected chi connectivity index (χ2v) is 9.18. The number of ether oxygens (including phenoxy) is 1. The molecule has 2 heterocycles. The van der Waals surface area contributed by atoms with Crippen molar-refractivity contribution in [3.05, 3.63) is 102 Å². The molecule has 1 aromatic heterocycles. The summed E-state index contributed by atoms with van der Waals surface area (Å²) in [5.74, 6) is 1.98. The summed E-state index contributed by atoms with van der Waals surface area (Å²) in [4.78, 5) is 20.1. The molecule has 0 N–H and O–H groups in total. The van der Waals surface area contributed by atoms with Crippen LogP contribution in [0.4, 0.5) is 5.69 Å². The van der Waals surface area contributed by atoms with E-state index in [-0.39, 0.29) is 11.8 Å². The van der Waals surface area contributed by atoms with Crippen LogP contribution in [0.1, 0.15) is 23.7 Å². The molecule has 1 aliphatic rings. The molecule has 35 heavy (non-hydrogen) atoms. The monoisotopic (exact) mass is 461 g/mol. The Balaban J connectivity index is 1.29. The van der Waals surface area contributed by atoms with Crippen LogP contribution in [-0.4, -0.2) is 28.6 Å². The second-order valence-electron chi connectivity index (χ2n) is 9.18. The van der Waals surface area contributed by atoms with Gasteiger partial charge < -0.3 is 14.2 Å². The minimum Gasteiger partial charge on any atom is -0.492 e. The number of carbonyl (C=O) groups is 1. The SMILES string of the molecule is Cc1ccc(OCCn2c(C3CC(=O)N(c4cccc5ccccc45)C3)nc3ccccc32)cc1. The van der Waals surface area contributed by atoms with E-state index in [0.29, 0.717) is 26.1 Å². The van der Waals surface area contributed by atoms with Crippen LogP contribution in [0.5, 0.6) is 5.75 Å². The van der Waals surface area contributed by atoms with Crippen LogP contribution in [0.25, 0.3) is 21.8 Å². The average molecular weight is 462 g/mol. The molecule has 5 heteroatoms. The van der Waals surface area contributed by atoms with Gasteiger partial charge in [-0.05, 0) is 42.6 Å². The van der Waals surface area contributed by atoms with Crippen molar-refractivity contribution >= 4 is 33.4 Å². The third-order valence-electron chi connectivity index (χ3n) is 6.84. The molecule has 1 atom stereocenters. The van der Waals surface area contributed by atoms with Gasteiger partial charge in [0.2, 0.25) is 5.91 Å². The fraction of sp³-hybridized carbons (Fsp3) is 0.200. The van der Waals surface area contributed by atoms with Crippen LogP contribution >= 0.6 is 0 Å². The van der Waals surface area contributed by atoms with Crippen LogP contribution < -0.4 is 9.64 Å². The van der Waals surface area contributed by atoms with Crippen LogP contribution in [-0.2, 0) is 11.3 Å². The summed E-state index contributed by atoms with van der Waals surface area (Å²) in [6.07, 6.45) is 0.450. The van der Waals surface area contributed by atoms with Crippen molar-refractivity contribution in [3.8, 4) is 5.75 Å². The van der Waals surface area contributed by atoms with Crippen molar-refractivity contribution in [2.45, 2.75) is 25.8 Å². The van der Waals surface area contributed by atoms with E-state index in [9.17, 15) is 4.79 Å². The van der Waals surface area contributed by atoms with Gasteiger partial charge in [-0.2, -0.15) is 0 Å². The zero-order chi connectivity index (χ0) is 23.8. The van der Waals surface area contributed by atoms with Gasteiger partial charge in [0.15, 0.2) is 0 Å². The molecule has 1 saturated heterocycles. The van der Waals surface area contributed by atoms with E-state index in [1.807, 2.05) is 59.5 Å². The van der Waals surface area contributed by atoms with Gasteiger partial charge in [0.1, 0.15) is 18.2 Å². The number of benzene rings is 4. The van der Waals surface area contributed by atoms with E-state index in [0.717, 1.165) is 39.1 Å². The number of hydrogen-bond donors (Lipinski definition) is 0. The Bertz CT molecular complexity index is 1520. The molecule has 174 valence electrons. The third kappa shape index (κ3) is 4.03. The number of amides is 1.